The van der Waals surface area contributed by atoms with Gasteiger partial charge in [0.15, 0.2) is 18.1 Å². The van der Waals surface area contributed by atoms with E-state index in [1.165, 1.54) is 13.2 Å². The summed E-state index contributed by atoms with van der Waals surface area (Å²) in [6, 6.07) is 19.1. The molecule has 0 saturated heterocycles. The van der Waals surface area contributed by atoms with E-state index < -0.39 is 5.91 Å². The van der Waals surface area contributed by atoms with Crippen molar-refractivity contribution in [2.75, 3.05) is 24.4 Å². The number of anilines is 2. The summed E-state index contributed by atoms with van der Waals surface area (Å²) in [6.07, 6.45) is 1.43. The number of nitriles is 1. The molecule has 0 radical (unpaired) electrons. The van der Waals surface area contributed by atoms with Crippen LogP contribution in [-0.4, -0.2) is 25.5 Å². The molecule has 3 aromatic rings. The Kier molecular flexibility index (Phi) is 8.49. The third-order valence-corrected chi connectivity index (χ3v) is 5.33. The second-order valence-electron chi connectivity index (χ2n) is 7.68. The van der Waals surface area contributed by atoms with E-state index >= 15 is 0 Å². The van der Waals surface area contributed by atoms with E-state index in [1.807, 2.05) is 38.1 Å². The fourth-order valence-electron chi connectivity index (χ4n) is 3.13. The number of hydrogen-bond acceptors (Lipinski definition) is 5. The summed E-state index contributed by atoms with van der Waals surface area (Å²) in [5.74, 6) is -0.187. The van der Waals surface area contributed by atoms with Gasteiger partial charge in [0.05, 0.1) is 7.11 Å². The van der Waals surface area contributed by atoms with E-state index in [-0.39, 0.29) is 18.1 Å². The molecule has 3 rings (SSSR count). The number of ether oxygens (including phenoxy) is 2. The van der Waals surface area contributed by atoms with Crippen molar-refractivity contribution in [3.63, 3.8) is 0 Å². The van der Waals surface area contributed by atoms with Crippen molar-refractivity contribution in [2.45, 2.75) is 13.8 Å². The smallest absolute Gasteiger partial charge is 0.266 e. The van der Waals surface area contributed by atoms with Gasteiger partial charge in [0.1, 0.15) is 11.6 Å². The molecule has 178 valence electrons. The van der Waals surface area contributed by atoms with Gasteiger partial charge in [0, 0.05) is 16.4 Å². The Morgan fingerprint density at radius 1 is 0.971 bits per heavy atom. The number of rotatable bonds is 8. The highest BCUT2D eigenvalue weighted by molar-refractivity contribution is 6.31. The monoisotopic (exact) mass is 489 g/mol. The highest BCUT2D eigenvalue weighted by atomic mass is 35.5. The predicted octanol–water partition coefficient (Wildman–Crippen LogP) is 5.53. The SMILES string of the molecule is COc1cc(/C=C(/C#N)C(=O)Nc2cccc(Cl)c2)ccc1OCC(=O)Nc1ccc(C)c(C)c1. The summed E-state index contributed by atoms with van der Waals surface area (Å²) in [5, 5.41) is 15.4. The summed E-state index contributed by atoms with van der Waals surface area (Å²) in [5.41, 5.74) is 3.82. The summed E-state index contributed by atoms with van der Waals surface area (Å²) < 4.78 is 11.0. The van der Waals surface area contributed by atoms with Crippen molar-refractivity contribution in [3.05, 3.63) is 87.9 Å². The molecule has 0 aromatic heterocycles. The standard InChI is InChI=1S/C27H24ClN3O4/c1-17-7-9-23(11-18(17)2)30-26(32)16-35-24-10-8-19(13-25(24)34-3)12-20(15-29)27(33)31-22-6-4-5-21(28)14-22/h4-14H,16H2,1-3H3,(H,30,32)(H,31,33)/b20-12-. The molecule has 0 heterocycles. The maximum atomic E-state index is 12.5. The number of benzene rings is 3. The first-order chi connectivity index (χ1) is 16.8. The van der Waals surface area contributed by atoms with Crippen LogP contribution in [0.15, 0.2) is 66.2 Å². The highest BCUT2D eigenvalue weighted by Crippen LogP contribution is 2.29. The van der Waals surface area contributed by atoms with Crippen molar-refractivity contribution in [2.24, 2.45) is 0 Å². The van der Waals surface area contributed by atoms with Crippen molar-refractivity contribution in [3.8, 4) is 17.6 Å². The molecule has 0 saturated carbocycles. The van der Waals surface area contributed by atoms with Gasteiger partial charge in [0.2, 0.25) is 0 Å². The molecule has 0 atom stereocenters. The van der Waals surface area contributed by atoms with E-state index in [4.69, 9.17) is 21.1 Å². The first-order valence-electron chi connectivity index (χ1n) is 10.7. The lowest BCUT2D eigenvalue weighted by Gasteiger charge is -2.12. The Hall–Kier alpha value is -4.28. The largest absolute Gasteiger partial charge is 0.493 e. The van der Waals surface area contributed by atoms with Crippen LogP contribution in [0.4, 0.5) is 11.4 Å². The normalized spacial score (nSPS) is 10.8. The zero-order chi connectivity index (χ0) is 25.4. The molecule has 0 aliphatic carbocycles. The Morgan fingerprint density at radius 3 is 2.43 bits per heavy atom. The lowest BCUT2D eigenvalue weighted by Crippen LogP contribution is -2.20. The number of hydrogen-bond donors (Lipinski definition) is 2. The van der Waals surface area contributed by atoms with Crippen LogP contribution >= 0.6 is 11.6 Å². The predicted molar refractivity (Wildman–Crippen MR) is 137 cm³/mol. The molecular formula is C27H24ClN3O4. The zero-order valence-electron chi connectivity index (χ0n) is 19.5. The second kappa shape index (κ2) is 11.7. The minimum absolute atomic E-state index is 0.103. The van der Waals surface area contributed by atoms with Crippen LogP contribution in [0.5, 0.6) is 11.5 Å². The number of nitrogens with one attached hydrogen (secondary N) is 2. The second-order valence-corrected chi connectivity index (χ2v) is 8.12. The van der Waals surface area contributed by atoms with Crippen LogP contribution in [0.3, 0.4) is 0 Å². The third kappa shape index (κ3) is 7.10. The van der Waals surface area contributed by atoms with Crippen molar-refractivity contribution >= 4 is 40.9 Å². The van der Waals surface area contributed by atoms with Crippen LogP contribution in [0.1, 0.15) is 16.7 Å². The number of halogens is 1. The molecule has 0 fully saturated rings. The molecule has 0 spiro atoms. The van der Waals surface area contributed by atoms with Crippen molar-refractivity contribution in [1.29, 1.82) is 5.26 Å². The maximum absolute atomic E-state index is 12.5. The zero-order valence-corrected chi connectivity index (χ0v) is 20.3. The molecule has 2 N–H and O–H groups in total. The Morgan fingerprint density at radius 2 is 1.74 bits per heavy atom. The summed E-state index contributed by atoms with van der Waals surface area (Å²) in [6.45, 7) is 3.76. The maximum Gasteiger partial charge on any atom is 0.266 e. The van der Waals surface area contributed by atoms with Gasteiger partial charge in [-0.05, 0) is 79.1 Å². The van der Waals surface area contributed by atoms with Crippen LogP contribution in [0, 0.1) is 25.2 Å². The van der Waals surface area contributed by atoms with Crippen molar-refractivity contribution in [1.82, 2.24) is 0 Å². The molecule has 0 aliphatic rings. The van der Waals surface area contributed by atoms with Gasteiger partial charge in [-0.1, -0.05) is 29.8 Å². The van der Waals surface area contributed by atoms with Gasteiger partial charge in [-0.3, -0.25) is 9.59 Å². The fraction of sp³-hybridized carbons (Fsp3) is 0.148. The molecule has 3 aromatic carbocycles. The third-order valence-electron chi connectivity index (χ3n) is 5.10. The molecule has 8 heteroatoms. The number of carbonyl (C=O) groups excluding carboxylic acids is 2. The van der Waals surface area contributed by atoms with Gasteiger partial charge >= 0.3 is 0 Å². The number of nitrogens with zero attached hydrogens (tertiary/aromatic N) is 1. The van der Waals surface area contributed by atoms with E-state index in [2.05, 4.69) is 10.6 Å². The molecule has 7 nitrogen and oxygen atoms in total. The first-order valence-corrected chi connectivity index (χ1v) is 11.0. The summed E-state index contributed by atoms with van der Waals surface area (Å²) >= 11 is 5.94. The lowest BCUT2D eigenvalue weighted by molar-refractivity contribution is -0.118. The van der Waals surface area contributed by atoms with Gasteiger partial charge < -0.3 is 20.1 Å². The average Bonchev–Trinajstić information content (AvgIpc) is 2.83. The average molecular weight is 490 g/mol. The first kappa shape index (κ1) is 25.3. The quantitative estimate of drug-likeness (QED) is 0.320. The molecule has 2 amide bonds. The van der Waals surface area contributed by atoms with Gasteiger partial charge in [-0.15, -0.1) is 0 Å². The van der Waals surface area contributed by atoms with E-state index in [0.29, 0.717) is 33.5 Å². The molecular weight excluding hydrogens is 466 g/mol. The Balaban J connectivity index is 1.67. The van der Waals surface area contributed by atoms with E-state index in [9.17, 15) is 14.9 Å². The Bertz CT molecular complexity index is 1330. The van der Waals surface area contributed by atoms with Gasteiger partial charge in [-0.2, -0.15) is 5.26 Å². The van der Waals surface area contributed by atoms with Gasteiger partial charge in [0.25, 0.3) is 11.8 Å². The van der Waals surface area contributed by atoms with Gasteiger partial charge in [-0.25, -0.2) is 0 Å². The van der Waals surface area contributed by atoms with Crippen LogP contribution in [-0.2, 0) is 9.59 Å². The number of aryl methyl sites for hydroxylation is 2. The number of carbonyl (C=O) groups is 2. The minimum atomic E-state index is -0.572. The summed E-state index contributed by atoms with van der Waals surface area (Å²) in [4.78, 5) is 24.8. The molecule has 0 bridgehead atoms. The van der Waals surface area contributed by atoms with Crippen LogP contribution in [0.2, 0.25) is 5.02 Å². The molecule has 0 unspecified atom stereocenters. The molecule has 0 aliphatic heterocycles. The van der Waals surface area contributed by atoms with Crippen molar-refractivity contribution < 1.29 is 19.1 Å². The Labute approximate surface area is 208 Å². The van der Waals surface area contributed by atoms with Crippen LogP contribution < -0.4 is 20.1 Å². The topological polar surface area (TPSA) is 100 Å². The fourth-order valence-corrected chi connectivity index (χ4v) is 3.32. The minimum Gasteiger partial charge on any atom is -0.493 e. The van der Waals surface area contributed by atoms with E-state index in [0.717, 1.165) is 11.1 Å². The van der Waals surface area contributed by atoms with Crippen LogP contribution in [0.25, 0.3) is 6.08 Å². The van der Waals surface area contributed by atoms with E-state index in [1.54, 1.807) is 42.5 Å². The molecule has 35 heavy (non-hydrogen) atoms. The number of amides is 2. The highest BCUT2D eigenvalue weighted by Gasteiger charge is 2.13. The lowest BCUT2D eigenvalue weighted by atomic mass is 10.1. The summed E-state index contributed by atoms with van der Waals surface area (Å²) in [7, 11) is 1.46. The number of methoxy groups -OCH3 is 1.